The number of hydrogen-bond donors (Lipinski definition) is 0. The zero-order valence-electron chi connectivity index (χ0n) is 54.2. The number of thiophene rings is 1. The minimum absolute atomic E-state index is 0.0322. The van der Waals surface area contributed by atoms with Gasteiger partial charge in [0, 0.05) is 64.5 Å². The van der Waals surface area contributed by atoms with Gasteiger partial charge in [0.05, 0.1) is 50.2 Å². The molecule has 440 valence electrons. The highest BCUT2D eigenvalue weighted by atomic mass is 32.1. The van der Waals surface area contributed by atoms with Gasteiger partial charge in [0.2, 0.25) is 0 Å². The maximum atomic E-state index is 7.71. The second-order valence-corrected chi connectivity index (χ2v) is 31.8. The number of para-hydroxylation sites is 3. The van der Waals surface area contributed by atoms with Crippen LogP contribution in [0.15, 0.2) is 199 Å². The molecule has 7 heteroatoms. The summed E-state index contributed by atoms with van der Waals surface area (Å²) < 4.78 is 15.4. The van der Waals surface area contributed by atoms with Crippen molar-refractivity contribution >= 4 is 144 Å². The van der Waals surface area contributed by atoms with Crippen LogP contribution in [0, 0.1) is 0 Å². The van der Waals surface area contributed by atoms with Crippen molar-refractivity contribution in [2.75, 3.05) is 9.80 Å². The van der Waals surface area contributed by atoms with Gasteiger partial charge in [0.15, 0.2) is 5.58 Å². The van der Waals surface area contributed by atoms with E-state index in [-0.39, 0.29) is 33.8 Å². The monoisotopic (exact) mass is 1180 g/mol. The molecular weight excluding hydrogens is 1100 g/mol. The maximum absolute atomic E-state index is 7.71. The quantitative estimate of drug-likeness (QED) is 0.165. The molecule has 0 N–H and O–H groups in total. The average molecular weight is 1180 g/mol. The fourth-order valence-corrected chi connectivity index (χ4v) is 16.1. The summed E-state index contributed by atoms with van der Waals surface area (Å²) in [5.74, 6) is 0. The lowest BCUT2D eigenvalue weighted by atomic mass is 9.36. The van der Waals surface area contributed by atoms with Crippen molar-refractivity contribution in [2.24, 2.45) is 0 Å². The molecule has 2 aliphatic heterocycles. The molecule has 16 rings (SSSR count). The summed E-state index contributed by atoms with van der Waals surface area (Å²) >= 11 is 1.96. The molecule has 14 aromatic rings. The van der Waals surface area contributed by atoms with Gasteiger partial charge in [-0.05, 0) is 163 Å². The first kappa shape index (κ1) is 55.5. The van der Waals surface area contributed by atoms with E-state index in [0.717, 1.165) is 61.8 Å². The fraction of sp³-hybridized carbons (Fsp3) is 0.244. The molecule has 0 spiro atoms. The summed E-state index contributed by atoms with van der Waals surface area (Å²) in [5, 5.41) is 8.43. The van der Waals surface area contributed by atoms with E-state index in [9.17, 15) is 0 Å². The molecule has 0 radical (unpaired) electrons. The summed E-state index contributed by atoms with van der Waals surface area (Å²) in [6.07, 6.45) is 0. The van der Waals surface area contributed by atoms with Gasteiger partial charge in [-0.3, -0.25) is 0 Å². The van der Waals surface area contributed by atoms with Gasteiger partial charge in [-0.1, -0.05) is 201 Å². The predicted octanol–water partition coefficient (Wildman–Crippen LogP) is 21.6. The van der Waals surface area contributed by atoms with Crippen molar-refractivity contribution in [1.82, 2.24) is 9.13 Å². The van der Waals surface area contributed by atoms with Gasteiger partial charge in [-0.15, -0.1) is 11.3 Å². The normalized spacial score (nSPS) is 13.9. The second kappa shape index (κ2) is 18.9. The lowest BCUT2D eigenvalue weighted by Gasteiger charge is -2.43. The van der Waals surface area contributed by atoms with Crippen molar-refractivity contribution in [3.05, 3.63) is 222 Å². The largest absolute Gasteiger partial charge is 0.454 e. The molecule has 0 aliphatic carbocycles. The van der Waals surface area contributed by atoms with Gasteiger partial charge < -0.3 is 23.4 Å². The molecule has 0 bridgehead atoms. The van der Waals surface area contributed by atoms with Gasteiger partial charge in [-0.2, -0.15) is 0 Å². The van der Waals surface area contributed by atoms with Crippen LogP contribution in [0.1, 0.15) is 132 Å². The SMILES string of the molecule is CC(C)(C)c1ccc(N2c3cc(-n4c5ccccc5c5ccccc54)cc4c3B(c3cc(-n5c6ccc(C(C)(C)C)cc6c6cc(C(C)(C)C)ccc65)c5c(oc6ccccc65)c3N4c3ccc(C(C)(C)C)cc3)c3sc4ccc(C(C)(C)C)cc4c32)cc1. The van der Waals surface area contributed by atoms with Gasteiger partial charge in [0.1, 0.15) is 5.58 Å². The minimum Gasteiger partial charge on any atom is -0.454 e. The Hall–Kier alpha value is -8.78. The Labute approximate surface area is 527 Å². The standard InChI is InChI=1S/C82H77BN4OS/c1-78(2,3)48-28-35-53(36-29-48)85-68-45-55(84-63-25-19-16-22-56(63)57-23-17-20-26-64(57)84)46-69-73(68)83(77-74(85)61-44-52(82(13,14)15)34-41-71(61)89-77)62-47-67(87-65-39-32-50(80(7,8)9)42-59(65)60-43-51(81(10,11)12)33-40-66(60)87)72-58-24-18-21-27-70(58)88-76(72)75(62)86(69)54-37-30-49(31-38-54)79(4,5)6/h16-47H,1-15H3. The number of nitrogens with zero attached hydrogens (tertiary/aromatic N) is 4. The minimum atomic E-state index is -0.215. The highest BCUT2D eigenvalue weighted by Gasteiger charge is 2.48. The van der Waals surface area contributed by atoms with E-state index in [1.165, 1.54) is 103 Å². The first-order valence-electron chi connectivity index (χ1n) is 31.9. The van der Waals surface area contributed by atoms with Crippen molar-refractivity contribution in [1.29, 1.82) is 0 Å². The number of fused-ring (bicyclic) bond motifs is 16. The first-order valence-corrected chi connectivity index (χ1v) is 32.8. The maximum Gasteiger partial charge on any atom is 0.264 e. The Morgan fingerprint density at radius 2 is 0.775 bits per heavy atom. The van der Waals surface area contributed by atoms with E-state index in [0.29, 0.717) is 0 Å². The summed E-state index contributed by atoms with van der Waals surface area (Å²) in [7, 11) is 0. The van der Waals surface area contributed by atoms with Crippen LogP contribution in [-0.2, 0) is 27.1 Å². The zero-order chi connectivity index (χ0) is 61.7. The van der Waals surface area contributed by atoms with Crippen LogP contribution < -0.4 is 25.5 Å². The molecule has 4 aromatic heterocycles. The summed E-state index contributed by atoms with van der Waals surface area (Å²) in [5.41, 5.74) is 24.2. The zero-order valence-corrected chi connectivity index (χ0v) is 55.0. The summed E-state index contributed by atoms with van der Waals surface area (Å²) in [6.45, 7) is 34.7. The highest BCUT2D eigenvalue weighted by molar-refractivity contribution is 7.33. The molecule has 0 unspecified atom stereocenters. The molecule has 0 amide bonds. The van der Waals surface area contributed by atoms with Crippen LogP contribution in [0.3, 0.4) is 0 Å². The van der Waals surface area contributed by atoms with Crippen molar-refractivity contribution in [2.45, 2.75) is 131 Å². The third-order valence-corrected chi connectivity index (χ3v) is 20.9. The number of hydrogen-bond acceptors (Lipinski definition) is 4. The van der Waals surface area contributed by atoms with Gasteiger partial charge >= 0.3 is 0 Å². The van der Waals surface area contributed by atoms with E-state index in [1.807, 2.05) is 11.3 Å². The number of furan rings is 1. The van der Waals surface area contributed by atoms with Crippen LogP contribution in [0.5, 0.6) is 0 Å². The molecule has 6 heterocycles. The molecule has 0 atom stereocenters. The Morgan fingerprint density at radius 3 is 1.28 bits per heavy atom. The third-order valence-electron chi connectivity index (χ3n) is 19.7. The van der Waals surface area contributed by atoms with Crippen LogP contribution >= 0.6 is 11.3 Å². The van der Waals surface area contributed by atoms with Crippen molar-refractivity contribution in [3.63, 3.8) is 0 Å². The lowest BCUT2D eigenvalue weighted by Crippen LogP contribution is -2.60. The predicted molar refractivity (Wildman–Crippen MR) is 385 cm³/mol. The third kappa shape index (κ3) is 8.40. The number of rotatable bonds is 4. The van der Waals surface area contributed by atoms with E-state index in [4.69, 9.17) is 4.42 Å². The second-order valence-electron chi connectivity index (χ2n) is 30.7. The average Bonchev–Trinajstić information content (AvgIpc) is 1.67. The van der Waals surface area contributed by atoms with Crippen LogP contribution in [0.2, 0.25) is 0 Å². The van der Waals surface area contributed by atoms with E-state index < -0.39 is 0 Å². The van der Waals surface area contributed by atoms with Crippen LogP contribution in [0.4, 0.5) is 34.1 Å². The van der Waals surface area contributed by atoms with Gasteiger partial charge in [0.25, 0.3) is 6.71 Å². The fourth-order valence-electron chi connectivity index (χ4n) is 14.8. The molecule has 0 fully saturated rings. The summed E-state index contributed by atoms with van der Waals surface area (Å²) in [6, 6.07) is 75.0. The highest BCUT2D eigenvalue weighted by Crippen LogP contribution is 2.53. The smallest absolute Gasteiger partial charge is 0.264 e. The van der Waals surface area contributed by atoms with Crippen LogP contribution in [-0.4, -0.2) is 15.8 Å². The molecule has 0 saturated carbocycles. The Morgan fingerprint density at radius 1 is 0.348 bits per heavy atom. The lowest BCUT2D eigenvalue weighted by molar-refractivity contribution is 0.590. The Bertz CT molecular complexity index is 5160. The van der Waals surface area contributed by atoms with Crippen molar-refractivity contribution < 1.29 is 4.42 Å². The van der Waals surface area contributed by atoms with Crippen LogP contribution in [0.25, 0.3) is 87.0 Å². The molecule has 0 saturated heterocycles. The molecule has 2 aliphatic rings. The number of anilines is 6. The molecule has 89 heavy (non-hydrogen) atoms. The summed E-state index contributed by atoms with van der Waals surface area (Å²) in [4.78, 5) is 5.25. The van der Waals surface area contributed by atoms with E-state index >= 15 is 0 Å². The molecule has 10 aromatic carbocycles. The van der Waals surface area contributed by atoms with E-state index in [1.54, 1.807) is 0 Å². The molecule has 5 nitrogen and oxygen atoms in total. The van der Waals surface area contributed by atoms with Crippen molar-refractivity contribution in [3.8, 4) is 11.4 Å². The Kier molecular flexibility index (Phi) is 11.8. The van der Waals surface area contributed by atoms with E-state index in [2.05, 4.69) is 317 Å². The first-order chi connectivity index (χ1) is 42.3. The number of benzene rings is 10. The topological polar surface area (TPSA) is 29.5 Å². The Balaban J connectivity index is 1.11. The molecular formula is C82H77BN4OS. The number of aromatic nitrogens is 2. The van der Waals surface area contributed by atoms with Gasteiger partial charge in [-0.25, -0.2) is 0 Å².